The Morgan fingerprint density at radius 1 is 1.28 bits per heavy atom. The Kier molecular flexibility index (Phi) is 4.54. The summed E-state index contributed by atoms with van der Waals surface area (Å²) in [6.45, 7) is 5.67. The van der Waals surface area contributed by atoms with Crippen molar-refractivity contribution in [2.75, 3.05) is 14.2 Å². The van der Waals surface area contributed by atoms with Crippen LogP contribution in [-0.4, -0.2) is 20.2 Å². The van der Waals surface area contributed by atoms with Crippen LogP contribution < -0.4 is 0 Å². The topological polar surface area (TPSA) is 35.5 Å². The molecule has 0 aliphatic heterocycles. The zero-order chi connectivity index (χ0) is 13.8. The number of rotatable bonds is 4. The molecule has 1 aromatic carbocycles. The van der Waals surface area contributed by atoms with E-state index >= 15 is 0 Å². The molecule has 0 saturated carbocycles. The molecular weight excluding hydrogens is 228 g/mol. The summed E-state index contributed by atoms with van der Waals surface area (Å²) in [5, 5.41) is 0. The average molecular weight is 248 g/mol. The highest BCUT2D eigenvalue weighted by Crippen LogP contribution is 2.27. The molecule has 0 N–H and O–H groups in total. The highest BCUT2D eigenvalue weighted by atomic mass is 16.5. The van der Waals surface area contributed by atoms with Crippen molar-refractivity contribution < 1.29 is 14.3 Å². The third kappa shape index (κ3) is 2.92. The Hall–Kier alpha value is -1.77. The summed E-state index contributed by atoms with van der Waals surface area (Å²) >= 11 is 0. The van der Waals surface area contributed by atoms with E-state index in [1.165, 1.54) is 7.11 Å². The summed E-state index contributed by atoms with van der Waals surface area (Å²) in [5.74, 6) is -0.243. The molecule has 0 heterocycles. The molecule has 98 valence electrons. The minimum atomic E-state index is -0.655. The third-order valence-corrected chi connectivity index (χ3v) is 3.03. The van der Waals surface area contributed by atoms with Crippen LogP contribution in [0.1, 0.15) is 31.9 Å². The molecule has 0 aliphatic carbocycles. The second-order valence-corrected chi connectivity index (χ2v) is 4.73. The van der Waals surface area contributed by atoms with Crippen LogP contribution in [0.25, 0.3) is 5.57 Å². The fraction of sp³-hybridized carbons (Fsp3) is 0.400. The molecule has 0 saturated heterocycles. The van der Waals surface area contributed by atoms with Crippen LogP contribution in [0.4, 0.5) is 0 Å². The maximum Gasteiger partial charge on any atom is 0.315 e. The molecule has 1 rings (SSSR count). The van der Waals surface area contributed by atoms with Crippen LogP contribution in [-0.2, 0) is 19.7 Å². The van der Waals surface area contributed by atoms with Crippen molar-refractivity contribution in [1.29, 1.82) is 0 Å². The van der Waals surface area contributed by atoms with Gasteiger partial charge in [-0.15, -0.1) is 0 Å². The Morgan fingerprint density at radius 2 is 1.94 bits per heavy atom. The van der Waals surface area contributed by atoms with Crippen molar-refractivity contribution >= 4 is 11.5 Å². The molecule has 0 aromatic heterocycles. The Labute approximate surface area is 108 Å². The lowest BCUT2D eigenvalue weighted by Crippen LogP contribution is -2.30. The SMILES string of the molecule is COC=C(C)c1cccc(C(C)(C)C(=O)OC)c1. The first kappa shape index (κ1) is 14.3. The number of esters is 1. The van der Waals surface area contributed by atoms with Crippen LogP contribution >= 0.6 is 0 Å². The molecule has 0 aliphatic rings. The predicted molar refractivity (Wildman–Crippen MR) is 72.1 cm³/mol. The first-order chi connectivity index (χ1) is 8.43. The van der Waals surface area contributed by atoms with Crippen LogP contribution in [0, 0.1) is 0 Å². The molecule has 0 fully saturated rings. The van der Waals surface area contributed by atoms with Gasteiger partial charge < -0.3 is 9.47 Å². The van der Waals surface area contributed by atoms with E-state index in [-0.39, 0.29) is 5.97 Å². The Balaban J connectivity index is 3.17. The molecule has 0 unspecified atom stereocenters. The monoisotopic (exact) mass is 248 g/mol. The maximum atomic E-state index is 11.8. The maximum absolute atomic E-state index is 11.8. The first-order valence-electron chi connectivity index (χ1n) is 5.82. The van der Waals surface area contributed by atoms with Gasteiger partial charge in [0.2, 0.25) is 0 Å². The fourth-order valence-corrected chi connectivity index (χ4v) is 1.77. The summed E-state index contributed by atoms with van der Waals surface area (Å²) in [6.07, 6.45) is 1.68. The molecule has 0 amide bonds. The highest BCUT2D eigenvalue weighted by molar-refractivity contribution is 5.82. The predicted octanol–water partition coefficient (Wildman–Crippen LogP) is 3.14. The molecule has 3 nitrogen and oxygen atoms in total. The van der Waals surface area contributed by atoms with E-state index in [1.54, 1.807) is 13.4 Å². The second kappa shape index (κ2) is 5.71. The number of allylic oxidation sites excluding steroid dienone is 1. The van der Waals surface area contributed by atoms with Gasteiger partial charge in [0.25, 0.3) is 0 Å². The lowest BCUT2D eigenvalue weighted by molar-refractivity contribution is -0.146. The van der Waals surface area contributed by atoms with Gasteiger partial charge in [-0.1, -0.05) is 24.3 Å². The van der Waals surface area contributed by atoms with E-state index in [1.807, 2.05) is 45.0 Å². The minimum absolute atomic E-state index is 0.243. The fourth-order valence-electron chi connectivity index (χ4n) is 1.77. The van der Waals surface area contributed by atoms with E-state index in [4.69, 9.17) is 9.47 Å². The number of carbonyl (C=O) groups excluding carboxylic acids is 1. The molecule has 0 spiro atoms. The van der Waals surface area contributed by atoms with Gasteiger partial charge in [-0.25, -0.2) is 0 Å². The minimum Gasteiger partial charge on any atom is -0.504 e. The number of ether oxygens (including phenoxy) is 2. The van der Waals surface area contributed by atoms with E-state index in [0.29, 0.717) is 0 Å². The van der Waals surface area contributed by atoms with E-state index < -0.39 is 5.41 Å². The van der Waals surface area contributed by atoms with Gasteiger partial charge in [-0.3, -0.25) is 4.79 Å². The number of benzene rings is 1. The van der Waals surface area contributed by atoms with Crippen LogP contribution in [0.5, 0.6) is 0 Å². The van der Waals surface area contributed by atoms with Gasteiger partial charge >= 0.3 is 5.97 Å². The van der Waals surface area contributed by atoms with Gasteiger partial charge in [0.15, 0.2) is 0 Å². The molecule has 1 aromatic rings. The van der Waals surface area contributed by atoms with Crippen LogP contribution in [0.2, 0.25) is 0 Å². The van der Waals surface area contributed by atoms with Crippen molar-refractivity contribution in [3.8, 4) is 0 Å². The molecular formula is C15H20O3. The van der Waals surface area contributed by atoms with Gasteiger partial charge in [0, 0.05) is 0 Å². The van der Waals surface area contributed by atoms with Crippen molar-refractivity contribution in [2.24, 2.45) is 0 Å². The average Bonchev–Trinajstić information content (AvgIpc) is 2.38. The smallest absolute Gasteiger partial charge is 0.315 e. The quantitative estimate of drug-likeness (QED) is 0.606. The summed E-state index contributed by atoms with van der Waals surface area (Å²) < 4.78 is 9.84. The van der Waals surface area contributed by atoms with E-state index in [2.05, 4.69) is 0 Å². The number of hydrogen-bond donors (Lipinski definition) is 0. The van der Waals surface area contributed by atoms with Crippen molar-refractivity contribution in [2.45, 2.75) is 26.2 Å². The van der Waals surface area contributed by atoms with Crippen molar-refractivity contribution in [1.82, 2.24) is 0 Å². The van der Waals surface area contributed by atoms with Crippen LogP contribution in [0.15, 0.2) is 30.5 Å². The van der Waals surface area contributed by atoms with Crippen LogP contribution in [0.3, 0.4) is 0 Å². The largest absolute Gasteiger partial charge is 0.504 e. The zero-order valence-electron chi connectivity index (χ0n) is 11.6. The summed E-state index contributed by atoms with van der Waals surface area (Å²) in [5.41, 5.74) is 2.32. The van der Waals surface area contributed by atoms with Gasteiger partial charge in [-0.05, 0) is 37.5 Å². The molecule has 3 heteroatoms. The lowest BCUT2D eigenvalue weighted by Gasteiger charge is -2.22. The summed E-state index contributed by atoms with van der Waals surface area (Å²) in [7, 11) is 3.02. The zero-order valence-corrected chi connectivity index (χ0v) is 11.6. The highest BCUT2D eigenvalue weighted by Gasteiger charge is 2.30. The Morgan fingerprint density at radius 3 is 2.50 bits per heavy atom. The first-order valence-corrected chi connectivity index (χ1v) is 5.82. The van der Waals surface area contributed by atoms with E-state index in [9.17, 15) is 4.79 Å². The molecule has 0 bridgehead atoms. The molecule has 0 atom stereocenters. The van der Waals surface area contributed by atoms with Gasteiger partial charge in [0.05, 0.1) is 25.9 Å². The number of methoxy groups -OCH3 is 2. The van der Waals surface area contributed by atoms with Crippen molar-refractivity contribution in [3.05, 3.63) is 41.7 Å². The standard InChI is InChI=1S/C15H20O3/c1-11(10-17-4)12-7-6-8-13(9-12)15(2,3)14(16)18-5/h6-10H,1-5H3. The van der Waals surface area contributed by atoms with Gasteiger partial charge in [0.1, 0.15) is 0 Å². The summed E-state index contributed by atoms with van der Waals surface area (Å²) in [6, 6.07) is 7.84. The molecule has 0 radical (unpaired) electrons. The normalized spacial score (nSPS) is 12.2. The second-order valence-electron chi connectivity index (χ2n) is 4.73. The van der Waals surface area contributed by atoms with E-state index in [0.717, 1.165) is 16.7 Å². The third-order valence-electron chi connectivity index (χ3n) is 3.03. The number of hydrogen-bond acceptors (Lipinski definition) is 3. The molecule has 18 heavy (non-hydrogen) atoms. The number of carbonyl (C=O) groups is 1. The van der Waals surface area contributed by atoms with Crippen molar-refractivity contribution in [3.63, 3.8) is 0 Å². The summed E-state index contributed by atoms with van der Waals surface area (Å²) in [4.78, 5) is 11.8. The van der Waals surface area contributed by atoms with Gasteiger partial charge in [-0.2, -0.15) is 0 Å². The lowest BCUT2D eigenvalue weighted by atomic mass is 9.83. The Bertz CT molecular complexity index is 459.